The number of unbranched alkanes of at least 4 members (excludes halogenated alkanes) is 2. The molecule has 0 radical (unpaired) electrons. The van der Waals surface area contributed by atoms with Gasteiger partial charge in [0.2, 0.25) is 0 Å². The second-order valence-corrected chi connectivity index (χ2v) is 28.0. The molecule has 14 heteroatoms. The number of aliphatic hydroxyl groups is 4. The number of carbonyl (C=O) groups excluding carboxylic acids is 1. The molecule has 3 saturated heterocycles. The zero-order chi connectivity index (χ0) is 61.8. The molecule has 5 aromatic rings. The number of hydrogen-bond donors (Lipinski definition) is 5. The molecule has 2 saturated carbocycles. The lowest BCUT2D eigenvalue weighted by Crippen LogP contribution is -2.30. The third-order valence-electron chi connectivity index (χ3n) is 18.4. The van der Waals surface area contributed by atoms with Crippen molar-refractivity contribution in [1.29, 1.82) is 0 Å². The minimum Gasteiger partial charge on any atom is -0.550 e. The summed E-state index contributed by atoms with van der Waals surface area (Å²) in [6.45, 7) is -0.409. The van der Waals surface area contributed by atoms with E-state index in [1.807, 2.05) is 42.5 Å². The molecule has 13 atom stereocenters. The average Bonchev–Trinajstić information content (AvgIpc) is 1.13. The number of carboxylic acids is 2. The summed E-state index contributed by atoms with van der Waals surface area (Å²) < 4.78 is 30.0. The Hall–Kier alpha value is -5.28. The number of carbonyl (C=O) groups is 2. The highest BCUT2D eigenvalue weighted by molar-refractivity contribution is 7.94. The Morgan fingerprint density at radius 3 is 1.49 bits per heavy atom. The molecule has 5 fully saturated rings. The number of carboxylic acid groups (broad SMARTS) is 2. The van der Waals surface area contributed by atoms with Gasteiger partial charge in [-0.15, -0.1) is 0 Å². The summed E-state index contributed by atoms with van der Waals surface area (Å²) in [7, 11) is 0. The average molecular weight is 1230 g/mol. The van der Waals surface area contributed by atoms with Crippen LogP contribution in [0.2, 0.25) is 0 Å². The van der Waals surface area contributed by atoms with Gasteiger partial charge in [-0.05, 0) is 192 Å². The fourth-order valence-corrected chi connectivity index (χ4v) is 17.8. The number of allylic oxidation sites excluding steroid dienone is 2. The predicted octanol–water partition coefficient (Wildman–Crippen LogP) is 11.0. The summed E-state index contributed by atoms with van der Waals surface area (Å²) in [5, 5.41) is 64.9. The van der Waals surface area contributed by atoms with Crippen LogP contribution in [-0.2, 0) is 46.1 Å². The van der Waals surface area contributed by atoms with Crippen LogP contribution in [-0.4, -0.2) is 112 Å². The molecular formula is C74H98O13P-. The van der Waals surface area contributed by atoms with E-state index >= 15 is 0 Å². The van der Waals surface area contributed by atoms with Gasteiger partial charge in [0.05, 0.1) is 36.6 Å². The highest BCUT2D eigenvalue weighted by atomic mass is 31.2. The standard InChI is InChI=1S/C28H42O6.C23H34O5.C23H23O2P/c29-25-20-26(30)24(23(25)12-6-1-2-7-13-27(31)32)18-17-22(34-28-14-8-9-19-33-28)16-15-21-10-4-3-5-11-21;24-20-15-21-19(14-22(25)28-21)18(20)12-11-17(27-23-8-4-5-13-26-23)10-9-16-6-2-1-3-7-16;24-23(25)18-10-11-19-26(20-12-4-1-5-13-20,21-14-6-2-7-15-21)22-16-8-3-9-17-22/h1,3-6,10-11,22-26,28-30H,2,7-9,12-20H2,(H,31,32);1-3,6-7,17-25H,4-5,8-15H2;1-9,12-17,19H,10-11,18H2,(H,24,25)/p-1/b6-1-;;/t22-,23+,24+,25-,26+,28?;17-,18+,19+,20+,21-,22?,23?;/m00./s1. The van der Waals surface area contributed by atoms with E-state index in [1.54, 1.807) is 0 Å². The van der Waals surface area contributed by atoms with Crippen LogP contribution in [0.25, 0.3) is 0 Å². The van der Waals surface area contributed by atoms with Gasteiger partial charge in [-0.3, -0.25) is 4.79 Å². The Morgan fingerprint density at radius 2 is 1.01 bits per heavy atom. The third kappa shape index (κ3) is 21.7. The molecule has 0 bridgehead atoms. The van der Waals surface area contributed by atoms with Crippen molar-refractivity contribution >= 4 is 40.5 Å². The molecule has 13 nitrogen and oxygen atoms in total. The second kappa shape index (κ2) is 37.1. The largest absolute Gasteiger partial charge is 0.550 e. The number of hydrogen-bond acceptors (Lipinski definition) is 12. The smallest absolute Gasteiger partial charge is 0.303 e. The quantitative estimate of drug-likeness (QED) is 0.0172. The molecule has 5 aliphatic rings. The molecular weight excluding hydrogens is 1130 g/mol. The van der Waals surface area contributed by atoms with E-state index in [2.05, 4.69) is 127 Å². The minimum atomic E-state index is -1.95. The van der Waals surface area contributed by atoms with E-state index in [0.29, 0.717) is 38.5 Å². The molecule has 5 aromatic carbocycles. The fourth-order valence-electron chi connectivity index (χ4n) is 13.8. The first-order valence-corrected chi connectivity index (χ1v) is 34.8. The van der Waals surface area contributed by atoms with E-state index < -0.39 is 37.3 Å². The van der Waals surface area contributed by atoms with E-state index in [-0.39, 0.29) is 73.5 Å². The molecule has 3 heterocycles. The first-order valence-electron chi connectivity index (χ1n) is 32.9. The Bertz CT molecular complexity index is 2710. The summed E-state index contributed by atoms with van der Waals surface area (Å²) in [6, 6.07) is 52.6. The molecule has 478 valence electrons. The number of aliphatic hydroxyl groups excluding tert-OH is 4. The third-order valence-corrected chi connectivity index (χ3v) is 22.6. The van der Waals surface area contributed by atoms with Crippen LogP contribution in [0.1, 0.15) is 152 Å². The van der Waals surface area contributed by atoms with Crippen molar-refractivity contribution in [2.24, 2.45) is 23.7 Å². The number of rotatable bonds is 29. The zero-order valence-electron chi connectivity index (χ0n) is 51.5. The van der Waals surface area contributed by atoms with Crippen LogP contribution in [0.5, 0.6) is 0 Å². The Labute approximate surface area is 523 Å². The summed E-state index contributed by atoms with van der Waals surface area (Å²) in [6.07, 6.45) is 21.0. The van der Waals surface area contributed by atoms with Crippen LogP contribution in [0.4, 0.5) is 0 Å². The van der Waals surface area contributed by atoms with Gasteiger partial charge >= 0.3 is 5.97 Å². The summed E-state index contributed by atoms with van der Waals surface area (Å²) >= 11 is 0. The Morgan fingerprint density at radius 1 is 0.545 bits per heavy atom. The van der Waals surface area contributed by atoms with Crippen LogP contribution < -0.4 is 21.0 Å². The van der Waals surface area contributed by atoms with Crippen LogP contribution in [0, 0.1) is 23.7 Å². The van der Waals surface area contributed by atoms with E-state index in [1.165, 1.54) is 27.0 Å². The topological polar surface area (TPSA) is 204 Å². The van der Waals surface area contributed by atoms with Gasteiger partial charge in [-0.1, -0.05) is 170 Å². The summed E-state index contributed by atoms with van der Waals surface area (Å²) in [4.78, 5) is 21.5. The van der Waals surface area contributed by atoms with Crippen molar-refractivity contribution in [2.75, 3.05) is 13.2 Å². The normalized spacial score (nSPS) is 25.8. The van der Waals surface area contributed by atoms with Crippen LogP contribution in [0.3, 0.4) is 0 Å². The highest BCUT2D eigenvalue weighted by Crippen LogP contribution is 2.46. The maximum absolute atomic E-state index is 10.8. The van der Waals surface area contributed by atoms with E-state index in [9.17, 15) is 35.1 Å². The molecule has 3 aliphatic heterocycles. The number of ether oxygens (including phenoxy) is 5. The summed E-state index contributed by atoms with van der Waals surface area (Å²) in [5.41, 5.74) is 2.62. The zero-order valence-corrected chi connectivity index (χ0v) is 52.4. The van der Waals surface area contributed by atoms with Gasteiger partial charge in [0.1, 0.15) is 0 Å². The number of fused-ring (bicyclic) bond motifs is 1. The SMILES string of the molecule is O=C(O)CCC/C=C\C[C@@H]1[C@@H](CC[C@H](CCc2ccccc2)OC2CCCCO2)[C@H](O)C[C@@H]1O.O=C([O-])CCCC=P(c1ccccc1)(c1ccccc1)c1ccccc1.OC1C[C@@H]2[C@@H](CC[C@H](CCc3ccccc3)OC3CCCCO3)[C@H](O)C[C@@H]2O1. The first-order chi connectivity index (χ1) is 42.9. The maximum atomic E-state index is 10.8. The van der Waals surface area contributed by atoms with E-state index in [0.717, 1.165) is 116 Å². The number of benzene rings is 5. The molecule has 0 spiro atoms. The van der Waals surface area contributed by atoms with Gasteiger partial charge in [0, 0.05) is 38.4 Å². The molecule has 0 aromatic heterocycles. The van der Waals surface area contributed by atoms with Crippen molar-refractivity contribution < 1.29 is 63.9 Å². The molecule has 10 rings (SSSR count). The highest BCUT2D eigenvalue weighted by Gasteiger charge is 2.48. The monoisotopic (exact) mass is 1230 g/mol. The minimum absolute atomic E-state index is 0.0142. The molecule has 88 heavy (non-hydrogen) atoms. The molecule has 0 amide bonds. The second-order valence-electron chi connectivity index (χ2n) is 24.7. The predicted molar refractivity (Wildman–Crippen MR) is 347 cm³/mol. The molecule has 5 N–H and O–H groups in total. The van der Waals surface area contributed by atoms with Gasteiger partial charge in [-0.25, -0.2) is 0 Å². The van der Waals surface area contributed by atoms with Crippen LogP contribution in [0.15, 0.2) is 164 Å². The van der Waals surface area contributed by atoms with Crippen molar-refractivity contribution in [1.82, 2.24) is 0 Å². The Balaban J connectivity index is 0.000000173. The Kier molecular flexibility index (Phi) is 29.0. The lowest BCUT2D eigenvalue weighted by Gasteiger charge is -2.30. The lowest BCUT2D eigenvalue weighted by atomic mass is 9.85. The van der Waals surface area contributed by atoms with Crippen molar-refractivity contribution in [3.63, 3.8) is 0 Å². The van der Waals surface area contributed by atoms with Crippen LogP contribution >= 0.6 is 6.89 Å². The lowest BCUT2D eigenvalue weighted by molar-refractivity contribution is -0.305. The van der Waals surface area contributed by atoms with Crippen molar-refractivity contribution in [3.8, 4) is 0 Å². The summed E-state index contributed by atoms with van der Waals surface area (Å²) in [5.74, 6) is 1.12. The first kappa shape index (κ1) is 68.6. The maximum Gasteiger partial charge on any atom is 0.303 e. The van der Waals surface area contributed by atoms with Crippen molar-refractivity contribution in [3.05, 3.63) is 175 Å². The number of aliphatic carboxylic acids is 2. The van der Waals surface area contributed by atoms with Gasteiger partial charge in [0.15, 0.2) is 18.9 Å². The molecule has 2 aliphatic carbocycles. The van der Waals surface area contributed by atoms with Gasteiger partial charge in [0.25, 0.3) is 0 Å². The fraction of sp³-hybridized carbons (Fsp3) is 0.527. The van der Waals surface area contributed by atoms with Gasteiger partial charge in [-0.2, -0.15) is 0 Å². The van der Waals surface area contributed by atoms with E-state index in [4.69, 9.17) is 28.8 Å². The molecule has 3 unspecified atom stereocenters. The van der Waals surface area contributed by atoms with Crippen molar-refractivity contribution in [2.45, 2.75) is 210 Å². The van der Waals surface area contributed by atoms with Gasteiger partial charge < -0.3 is 59.1 Å². The number of aryl methyl sites for hydroxylation is 2.